The van der Waals surface area contributed by atoms with E-state index in [1.165, 1.54) is 0 Å². The average molecular weight is 232 g/mol. The minimum Gasteiger partial charge on any atom is -0.373 e. The molecule has 0 aliphatic heterocycles. The maximum absolute atomic E-state index is 9.67. The topological polar surface area (TPSA) is 38.7 Å². The second kappa shape index (κ2) is 5.03. The fraction of sp³-hybridized carbons (Fsp3) is 1.00. The monoisotopic (exact) mass is 232 g/mol. The summed E-state index contributed by atoms with van der Waals surface area (Å²) in [4.78, 5) is 0. The van der Waals surface area contributed by atoms with E-state index in [0.29, 0.717) is 0 Å². The third-order valence-corrected chi connectivity index (χ3v) is 1.93. The molecule has 16 heavy (non-hydrogen) atoms. The van der Waals surface area contributed by atoms with Gasteiger partial charge in [-0.25, -0.2) is 0 Å². The van der Waals surface area contributed by atoms with Gasteiger partial charge >= 0.3 is 0 Å². The molecule has 98 valence electrons. The van der Waals surface area contributed by atoms with Gasteiger partial charge in [0.1, 0.15) is 0 Å². The van der Waals surface area contributed by atoms with E-state index in [0.717, 1.165) is 6.42 Å². The van der Waals surface area contributed by atoms with Gasteiger partial charge in [0, 0.05) is 6.42 Å². The van der Waals surface area contributed by atoms with E-state index < -0.39 is 11.4 Å². The summed E-state index contributed by atoms with van der Waals surface area (Å²) in [5.74, 6) is -1.11. The zero-order valence-electron chi connectivity index (χ0n) is 12.0. The summed E-state index contributed by atoms with van der Waals surface area (Å²) < 4.78 is 11.4. The van der Waals surface area contributed by atoms with Gasteiger partial charge in [-0.3, -0.25) is 0 Å². The molecule has 0 rings (SSSR count). The van der Waals surface area contributed by atoms with E-state index >= 15 is 0 Å². The zero-order valence-corrected chi connectivity index (χ0v) is 12.0. The Balaban J connectivity index is 4.45. The van der Waals surface area contributed by atoms with E-state index in [2.05, 4.69) is 0 Å². The standard InChI is InChI=1S/C13H28O3/c1-10(2)15-11(3,4)9-12(5,6)16-13(7,8)14/h10,14H,9H2,1-8H3. The maximum Gasteiger partial charge on any atom is 0.160 e. The second-order valence-corrected chi connectivity index (χ2v) is 6.41. The van der Waals surface area contributed by atoms with Crippen molar-refractivity contribution in [3.8, 4) is 0 Å². The van der Waals surface area contributed by atoms with Crippen LogP contribution in [0.2, 0.25) is 0 Å². The lowest BCUT2D eigenvalue weighted by Crippen LogP contribution is -2.43. The average Bonchev–Trinajstić information content (AvgIpc) is 1.69. The van der Waals surface area contributed by atoms with Gasteiger partial charge in [-0.05, 0) is 55.4 Å². The van der Waals surface area contributed by atoms with Crippen LogP contribution in [0.5, 0.6) is 0 Å². The molecule has 0 fully saturated rings. The molecule has 0 radical (unpaired) electrons. The van der Waals surface area contributed by atoms with E-state index in [1.54, 1.807) is 13.8 Å². The quantitative estimate of drug-likeness (QED) is 0.715. The van der Waals surface area contributed by atoms with Crippen molar-refractivity contribution in [2.45, 2.75) is 84.9 Å². The normalized spacial score (nSPS) is 14.6. The van der Waals surface area contributed by atoms with E-state index in [-0.39, 0.29) is 11.7 Å². The minimum absolute atomic E-state index is 0.188. The van der Waals surface area contributed by atoms with Crippen molar-refractivity contribution in [2.24, 2.45) is 0 Å². The molecule has 0 atom stereocenters. The van der Waals surface area contributed by atoms with Crippen molar-refractivity contribution in [1.29, 1.82) is 0 Å². The van der Waals surface area contributed by atoms with Gasteiger partial charge in [0.15, 0.2) is 5.79 Å². The molecule has 0 aromatic rings. The Morgan fingerprint density at radius 1 is 0.938 bits per heavy atom. The van der Waals surface area contributed by atoms with Gasteiger partial charge < -0.3 is 14.6 Å². The molecule has 0 unspecified atom stereocenters. The fourth-order valence-corrected chi connectivity index (χ4v) is 2.42. The van der Waals surface area contributed by atoms with Crippen molar-refractivity contribution in [1.82, 2.24) is 0 Å². The highest BCUT2D eigenvalue weighted by Gasteiger charge is 2.34. The molecular formula is C13H28O3. The molecule has 0 saturated heterocycles. The van der Waals surface area contributed by atoms with E-state index in [1.807, 2.05) is 41.5 Å². The van der Waals surface area contributed by atoms with Crippen LogP contribution in [0.3, 0.4) is 0 Å². The molecule has 3 heteroatoms. The van der Waals surface area contributed by atoms with Crippen molar-refractivity contribution < 1.29 is 14.6 Å². The van der Waals surface area contributed by atoms with Crippen molar-refractivity contribution in [3.05, 3.63) is 0 Å². The number of hydrogen-bond donors (Lipinski definition) is 1. The number of aliphatic hydroxyl groups is 1. The summed E-state index contributed by atoms with van der Waals surface area (Å²) in [6.45, 7) is 15.4. The second-order valence-electron chi connectivity index (χ2n) is 6.41. The Morgan fingerprint density at radius 2 is 1.38 bits per heavy atom. The van der Waals surface area contributed by atoms with Gasteiger partial charge in [0.2, 0.25) is 0 Å². The van der Waals surface area contributed by atoms with Gasteiger partial charge in [-0.15, -0.1) is 0 Å². The highest BCUT2D eigenvalue weighted by atomic mass is 16.6. The molecule has 0 aliphatic rings. The first-order valence-corrected chi connectivity index (χ1v) is 5.93. The summed E-state index contributed by atoms with van der Waals surface area (Å²) in [6, 6.07) is 0. The maximum atomic E-state index is 9.67. The summed E-state index contributed by atoms with van der Waals surface area (Å²) in [5.41, 5.74) is -0.681. The van der Waals surface area contributed by atoms with Crippen LogP contribution in [0.1, 0.15) is 61.8 Å². The van der Waals surface area contributed by atoms with Gasteiger partial charge in [0.25, 0.3) is 0 Å². The fourth-order valence-electron chi connectivity index (χ4n) is 2.42. The van der Waals surface area contributed by atoms with Gasteiger partial charge in [-0.1, -0.05) is 0 Å². The first-order chi connectivity index (χ1) is 6.83. The lowest BCUT2D eigenvalue weighted by molar-refractivity contribution is -0.249. The van der Waals surface area contributed by atoms with Crippen molar-refractivity contribution >= 4 is 0 Å². The molecular weight excluding hydrogens is 204 g/mol. The van der Waals surface area contributed by atoms with Gasteiger partial charge in [0.05, 0.1) is 17.3 Å². The number of hydrogen-bond acceptors (Lipinski definition) is 3. The summed E-state index contributed by atoms with van der Waals surface area (Å²) in [5, 5.41) is 9.67. The zero-order chi connectivity index (χ0) is 13.2. The predicted molar refractivity (Wildman–Crippen MR) is 66.4 cm³/mol. The molecule has 0 bridgehead atoms. The molecule has 0 heterocycles. The highest BCUT2D eigenvalue weighted by molar-refractivity contribution is 4.82. The lowest BCUT2D eigenvalue weighted by atomic mass is 9.91. The molecule has 0 aliphatic carbocycles. The first-order valence-electron chi connectivity index (χ1n) is 5.93. The Hall–Kier alpha value is -0.120. The van der Waals surface area contributed by atoms with E-state index in [4.69, 9.17) is 9.47 Å². The third-order valence-electron chi connectivity index (χ3n) is 1.93. The molecule has 3 nitrogen and oxygen atoms in total. The van der Waals surface area contributed by atoms with Crippen molar-refractivity contribution in [3.63, 3.8) is 0 Å². The Kier molecular flexibility index (Phi) is 4.99. The summed E-state index contributed by atoms with van der Waals surface area (Å²) in [7, 11) is 0. The molecule has 1 N–H and O–H groups in total. The predicted octanol–water partition coefficient (Wildman–Crippen LogP) is 3.10. The smallest absolute Gasteiger partial charge is 0.160 e. The van der Waals surface area contributed by atoms with Gasteiger partial charge in [-0.2, -0.15) is 0 Å². The van der Waals surface area contributed by atoms with Crippen LogP contribution in [0.25, 0.3) is 0 Å². The van der Waals surface area contributed by atoms with Crippen LogP contribution < -0.4 is 0 Å². The lowest BCUT2D eigenvalue weighted by Gasteiger charge is -2.39. The summed E-state index contributed by atoms with van der Waals surface area (Å²) in [6.07, 6.45) is 0.912. The Labute approximate surface area is 100 Å². The van der Waals surface area contributed by atoms with Crippen LogP contribution in [-0.4, -0.2) is 28.2 Å². The van der Waals surface area contributed by atoms with Crippen molar-refractivity contribution in [2.75, 3.05) is 0 Å². The number of ether oxygens (including phenoxy) is 2. The van der Waals surface area contributed by atoms with Crippen LogP contribution in [0.15, 0.2) is 0 Å². The Morgan fingerprint density at radius 3 is 1.69 bits per heavy atom. The highest BCUT2D eigenvalue weighted by Crippen LogP contribution is 2.30. The van der Waals surface area contributed by atoms with Crippen LogP contribution in [0.4, 0.5) is 0 Å². The molecule has 0 amide bonds. The SMILES string of the molecule is CC(C)OC(C)(C)CC(C)(C)OC(C)(C)O. The largest absolute Gasteiger partial charge is 0.373 e. The summed E-state index contributed by atoms with van der Waals surface area (Å²) >= 11 is 0. The number of rotatable bonds is 6. The third kappa shape index (κ3) is 8.08. The molecule has 0 spiro atoms. The van der Waals surface area contributed by atoms with E-state index in [9.17, 15) is 5.11 Å². The molecule has 0 saturated carbocycles. The van der Waals surface area contributed by atoms with Crippen LogP contribution >= 0.6 is 0 Å². The molecule has 0 aromatic heterocycles. The molecule has 0 aromatic carbocycles. The minimum atomic E-state index is -1.11. The van der Waals surface area contributed by atoms with Crippen LogP contribution in [-0.2, 0) is 9.47 Å². The van der Waals surface area contributed by atoms with Crippen LogP contribution in [0, 0.1) is 0 Å². The Bertz CT molecular complexity index is 212. The first kappa shape index (κ1) is 15.9.